The molecule has 0 fully saturated rings. The van der Waals surface area contributed by atoms with Gasteiger partial charge in [0.1, 0.15) is 6.29 Å². The van der Waals surface area contributed by atoms with Crippen LogP contribution in [-0.4, -0.2) is 6.29 Å². The molecule has 1 heterocycles. The summed E-state index contributed by atoms with van der Waals surface area (Å²) < 4.78 is 4.88. The zero-order chi connectivity index (χ0) is 8.97. The highest BCUT2D eigenvalue weighted by Gasteiger charge is 2.01. The van der Waals surface area contributed by atoms with Gasteiger partial charge >= 0.3 is 0 Å². The summed E-state index contributed by atoms with van der Waals surface area (Å²) in [5.74, 6) is 0.261. The quantitative estimate of drug-likeness (QED) is 0.507. The molecule has 1 rings (SSSR count). The minimum atomic E-state index is 0.261. The standard InChI is InChI=1S/C10H12O2/c1-8(2)10(6-11)5-9-3-4-12-7-9/h3-8H,1-2H3. The van der Waals surface area contributed by atoms with Crippen molar-refractivity contribution in [2.45, 2.75) is 13.8 Å². The van der Waals surface area contributed by atoms with E-state index in [1.54, 1.807) is 12.5 Å². The molecule has 1 aromatic rings. The molecule has 2 nitrogen and oxygen atoms in total. The molecule has 0 N–H and O–H groups in total. The lowest BCUT2D eigenvalue weighted by Crippen LogP contribution is -1.94. The van der Waals surface area contributed by atoms with Crippen LogP contribution in [0.4, 0.5) is 0 Å². The Balaban J connectivity index is 2.85. The lowest BCUT2D eigenvalue weighted by atomic mass is 10.0. The first kappa shape index (κ1) is 8.78. The molecule has 0 unspecified atom stereocenters. The van der Waals surface area contributed by atoms with E-state index in [4.69, 9.17) is 4.42 Å². The molecule has 0 aromatic carbocycles. The second-order valence-electron chi connectivity index (χ2n) is 2.97. The number of rotatable bonds is 3. The fourth-order valence-corrected chi connectivity index (χ4v) is 0.886. The van der Waals surface area contributed by atoms with Gasteiger partial charge in [-0.3, -0.25) is 4.79 Å². The third-order valence-electron chi connectivity index (χ3n) is 1.68. The third kappa shape index (κ3) is 2.09. The van der Waals surface area contributed by atoms with Gasteiger partial charge in [-0.25, -0.2) is 0 Å². The maximum atomic E-state index is 10.6. The zero-order valence-electron chi connectivity index (χ0n) is 7.28. The van der Waals surface area contributed by atoms with Crippen LogP contribution in [0.3, 0.4) is 0 Å². The van der Waals surface area contributed by atoms with Crippen molar-refractivity contribution in [3.63, 3.8) is 0 Å². The van der Waals surface area contributed by atoms with Gasteiger partial charge in [-0.05, 0) is 23.6 Å². The highest BCUT2D eigenvalue weighted by molar-refractivity contribution is 5.81. The molecule has 0 saturated carbocycles. The number of aldehydes is 1. The van der Waals surface area contributed by atoms with Crippen LogP contribution in [0.5, 0.6) is 0 Å². The van der Waals surface area contributed by atoms with Gasteiger partial charge in [-0.2, -0.15) is 0 Å². The number of furan rings is 1. The summed E-state index contributed by atoms with van der Waals surface area (Å²) in [4.78, 5) is 10.6. The average Bonchev–Trinajstić information content (AvgIpc) is 2.51. The van der Waals surface area contributed by atoms with E-state index in [1.165, 1.54) is 0 Å². The van der Waals surface area contributed by atoms with Crippen molar-refractivity contribution in [3.8, 4) is 0 Å². The third-order valence-corrected chi connectivity index (χ3v) is 1.68. The molecule has 0 aliphatic rings. The highest BCUT2D eigenvalue weighted by atomic mass is 16.3. The Morgan fingerprint density at radius 3 is 2.75 bits per heavy atom. The molecule has 0 saturated heterocycles. The summed E-state index contributed by atoms with van der Waals surface area (Å²) in [6.45, 7) is 3.97. The van der Waals surface area contributed by atoms with E-state index in [9.17, 15) is 4.79 Å². The Kier molecular flexibility index (Phi) is 2.86. The fraction of sp³-hybridized carbons (Fsp3) is 0.300. The van der Waals surface area contributed by atoms with Gasteiger partial charge in [0.25, 0.3) is 0 Å². The van der Waals surface area contributed by atoms with Crippen LogP contribution in [0, 0.1) is 5.92 Å². The molecule has 0 bridgehead atoms. The van der Waals surface area contributed by atoms with Crippen LogP contribution in [0.25, 0.3) is 6.08 Å². The van der Waals surface area contributed by atoms with Crippen LogP contribution >= 0.6 is 0 Å². The van der Waals surface area contributed by atoms with Crippen LogP contribution in [0.2, 0.25) is 0 Å². The van der Waals surface area contributed by atoms with E-state index in [1.807, 2.05) is 26.0 Å². The second kappa shape index (κ2) is 3.90. The summed E-state index contributed by atoms with van der Waals surface area (Å²) in [6, 6.07) is 1.83. The predicted molar refractivity (Wildman–Crippen MR) is 47.6 cm³/mol. The minimum Gasteiger partial charge on any atom is -0.472 e. The van der Waals surface area contributed by atoms with Crippen LogP contribution in [0.1, 0.15) is 19.4 Å². The van der Waals surface area contributed by atoms with Gasteiger partial charge in [0, 0.05) is 5.56 Å². The zero-order valence-corrected chi connectivity index (χ0v) is 7.28. The summed E-state index contributed by atoms with van der Waals surface area (Å²) >= 11 is 0. The van der Waals surface area contributed by atoms with E-state index in [0.29, 0.717) is 0 Å². The number of allylic oxidation sites excluding steroid dienone is 1. The lowest BCUT2D eigenvalue weighted by molar-refractivity contribution is -0.105. The summed E-state index contributed by atoms with van der Waals surface area (Å²) in [6.07, 6.45) is 5.93. The van der Waals surface area contributed by atoms with Gasteiger partial charge in [0.2, 0.25) is 0 Å². The van der Waals surface area contributed by atoms with Gasteiger partial charge in [-0.1, -0.05) is 13.8 Å². The van der Waals surface area contributed by atoms with E-state index in [2.05, 4.69) is 0 Å². The minimum absolute atomic E-state index is 0.261. The summed E-state index contributed by atoms with van der Waals surface area (Å²) in [5.41, 5.74) is 1.72. The maximum Gasteiger partial charge on any atom is 0.146 e. The van der Waals surface area contributed by atoms with Crippen molar-refractivity contribution in [1.82, 2.24) is 0 Å². The Bertz CT molecular complexity index is 268. The van der Waals surface area contributed by atoms with E-state index in [-0.39, 0.29) is 5.92 Å². The smallest absolute Gasteiger partial charge is 0.146 e. The first-order chi connectivity index (χ1) is 5.74. The Morgan fingerprint density at radius 2 is 2.33 bits per heavy atom. The van der Waals surface area contributed by atoms with E-state index >= 15 is 0 Å². The lowest BCUT2D eigenvalue weighted by Gasteiger charge is -2.01. The maximum absolute atomic E-state index is 10.6. The fourth-order valence-electron chi connectivity index (χ4n) is 0.886. The molecule has 1 aromatic heterocycles. The molecule has 12 heavy (non-hydrogen) atoms. The van der Waals surface area contributed by atoms with Crippen molar-refractivity contribution in [2.75, 3.05) is 0 Å². The van der Waals surface area contributed by atoms with Crippen molar-refractivity contribution in [1.29, 1.82) is 0 Å². The number of carbonyl (C=O) groups excluding carboxylic acids is 1. The summed E-state index contributed by atoms with van der Waals surface area (Å²) in [5, 5.41) is 0. The van der Waals surface area contributed by atoms with Crippen LogP contribution < -0.4 is 0 Å². The van der Waals surface area contributed by atoms with Crippen molar-refractivity contribution < 1.29 is 9.21 Å². The molecule has 0 aliphatic carbocycles. The van der Waals surface area contributed by atoms with E-state index in [0.717, 1.165) is 17.4 Å². The Labute approximate surface area is 71.9 Å². The molecule has 0 atom stereocenters. The van der Waals surface area contributed by atoms with Gasteiger partial charge in [-0.15, -0.1) is 0 Å². The molecule has 0 radical (unpaired) electrons. The van der Waals surface area contributed by atoms with Gasteiger partial charge in [0.15, 0.2) is 0 Å². The predicted octanol–water partition coefficient (Wildman–Crippen LogP) is 2.52. The summed E-state index contributed by atoms with van der Waals surface area (Å²) in [7, 11) is 0. The van der Waals surface area contributed by atoms with Gasteiger partial charge < -0.3 is 4.42 Å². The number of carbonyl (C=O) groups is 1. The first-order valence-electron chi connectivity index (χ1n) is 3.93. The van der Waals surface area contributed by atoms with Crippen LogP contribution in [0.15, 0.2) is 28.6 Å². The first-order valence-corrected chi connectivity index (χ1v) is 3.93. The number of hydrogen-bond donors (Lipinski definition) is 0. The molecule has 0 aliphatic heterocycles. The molecule has 2 heteroatoms. The van der Waals surface area contributed by atoms with Crippen molar-refractivity contribution in [2.24, 2.45) is 5.92 Å². The molecule has 0 spiro atoms. The molecular formula is C10H12O2. The van der Waals surface area contributed by atoms with Crippen molar-refractivity contribution in [3.05, 3.63) is 29.7 Å². The molecule has 64 valence electrons. The largest absolute Gasteiger partial charge is 0.472 e. The topological polar surface area (TPSA) is 30.2 Å². The van der Waals surface area contributed by atoms with Crippen LogP contribution in [-0.2, 0) is 4.79 Å². The SMILES string of the molecule is CC(C)C(C=O)=Cc1ccoc1. The molecular weight excluding hydrogens is 152 g/mol. The molecule has 0 amide bonds. The highest BCUT2D eigenvalue weighted by Crippen LogP contribution is 2.12. The van der Waals surface area contributed by atoms with E-state index < -0.39 is 0 Å². The number of hydrogen-bond acceptors (Lipinski definition) is 2. The second-order valence-corrected chi connectivity index (χ2v) is 2.97. The van der Waals surface area contributed by atoms with Crippen molar-refractivity contribution >= 4 is 12.4 Å². The normalized spacial score (nSPS) is 12.1. The Hall–Kier alpha value is -1.31. The monoisotopic (exact) mass is 164 g/mol. The Morgan fingerprint density at radius 1 is 1.58 bits per heavy atom. The van der Waals surface area contributed by atoms with Gasteiger partial charge in [0.05, 0.1) is 12.5 Å². The average molecular weight is 164 g/mol.